The van der Waals surface area contributed by atoms with Crippen molar-refractivity contribution in [1.82, 2.24) is 0 Å². The molecule has 118 valence electrons. The van der Waals surface area contributed by atoms with Crippen LogP contribution in [0.5, 0.6) is 5.75 Å². The van der Waals surface area contributed by atoms with Crippen molar-refractivity contribution >= 4 is 62.1 Å². The number of phenols is 1. The van der Waals surface area contributed by atoms with E-state index in [1.165, 1.54) is 12.1 Å². The van der Waals surface area contributed by atoms with Gasteiger partial charge < -0.3 is 5.11 Å². The topological polar surface area (TPSA) is 66.4 Å². The number of halogens is 4. The molecule has 0 aliphatic heterocycles. The largest absolute Gasteiger partial charge is 0.505 e. The lowest BCUT2D eigenvalue weighted by molar-refractivity contribution is 0.476. The zero-order chi connectivity index (χ0) is 16.7. The van der Waals surface area contributed by atoms with Crippen molar-refractivity contribution in [3.8, 4) is 5.75 Å². The predicted octanol–water partition coefficient (Wildman–Crippen LogP) is 5.12. The van der Waals surface area contributed by atoms with Crippen LogP contribution in [-0.2, 0) is 10.0 Å². The summed E-state index contributed by atoms with van der Waals surface area (Å²) in [5.41, 5.74) is 0.711. The molecule has 0 spiro atoms. The number of hydrogen-bond acceptors (Lipinski definition) is 3. The molecular weight excluding hydrogens is 392 g/mol. The highest BCUT2D eigenvalue weighted by Gasteiger charge is 2.24. The first-order chi connectivity index (χ1) is 10.1. The summed E-state index contributed by atoms with van der Waals surface area (Å²) in [6, 6.07) is 6.16. The van der Waals surface area contributed by atoms with Gasteiger partial charge in [0.1, 0.15) is 10.0 Å². The number of anilines is 1. The van der Waals surface area contributed by atoms with E-state index in [1.807, 2.05) is 6.92 Å². The first-order valence-corrected chi connectivity index (χ1v) is 8.79. The van der Waals surface area contributed by atoms with Gasteiger partial charge in [-0.1, -0.05) is 64.1 Å². The highest BCUT2D eigenvalue weighted by molar-refractivity contribution is 7.92. The third kappa shape index (κ3) is 3.24. The van der Waals surface area contributed by atoms with Gasteiger partial charge in [0.25, 0.3) is 10.0 Å². The van der Waals surface area contributed by atoms with Crippen LogP contribution < -0.4 is 4.72 Å². The number of sulfonamides is 1. The van der Waals surface area contributed by atoms with Crippen LogP contribution >= 0.6 is 46.4 Å². The van der Waals surface area contributed by atoms with Crippen LogP contribution in [0.4, 0.5) is 5.69 Å². The summed E-state index contributed by atoms with van der Waals surface area (Å²) >= 11 is 23.5. The molecule has 0 unspecified atom stereocenters. The van der Waals surface area contributed by atoms with E-state index in [0.29, 0.717) is 0 Å². The van der Waals surface area contributed by atoms with E-state index >= 15 is 0 Å². The van der Waals surface area contributed by atoms with Crippen LogP contribution in [0.2, 0.25) is 20.1 Å². The molecule has 0 fully saturated rings. The molecule has 0 amide bonds. The summed E-state index contributed by atoms with van der Waals surface area (Å²) in [5, 5.41) is 8.55. The maximum Gasteiger partial charge on any atom is 0.261 e. The first kappa shape index (κ1) is 17.5. The van der Waals surface area contributed by atoms with E-state index in [9.17, 15) is 13.5 Å². The van der Waals surface area contributed by atoms with Crippen molar-refractivity contribution in [2.45, 2.75) is 11.8 Å². The van der Waals surface area contributed by atoms with Gasteiger partial charge >= 0.3 is 0 Å². The van der Waals surface area contributed by atoms with Gasteiger partial charge in [-0.3, -0.25) is 4.72 Å². The molecule has 0 atom stereocenters. The smallest absolute Gasteiger partial charge is 0.261 e. The molecule has 2 N–H and O–H groups in total. The maximum atomic E-state index is 12.3. The number of hydrogen-bond donors (Lipinski definition) is 2. The second-order valence-corrected chi connectivity index (χ2v) is 7.59. The summed E-state index contributed by atoms with van der Waals surface area (Å²) < 4.78 is 26.9. The number of aryl methyl sites for hydroxylation is 1. The normalized spacial score (nSPS) is 11.5. The molecule has 0 heterocycles. The van der Waals surface area contributed by atoms with E-state index in [0.717, 1.165) is 5.56 Å². The van der Waals surface area contributed by atoms with Crippen LogP contribution in [0, 0.1) is 6.92 Å². The number of rotatable bonds is 3. The van der Waals surface area contributed by atoms with Gasteiger partial charge in [0.05, 0.1) is 20.6 Å². The highest BCUT2D eigenvalue weighted by Crippen LogP contribution is 2.48. The summed E-state index contributed by atoms with van der Waals surface area (Å²) in [7, 11) is -3.94. The van der Waals surface area contributed by atoms with Crippen molar-refractivity contribution in [2.75, 3.05) is 4.72 Å². The number of nitrogens with one attached hydrogen (secondary N) is 1. The highest BCUT2D eigenvalue weighted by atomic mass is 35.5. The summed E-state index contributed by atoms with van der Waals surface area (Å²) in [4.78, 5) is 0.0190. The Morgan fingerprint density at radius 2 is 1.36 bits per heavy atom. The van der Waals surface area contributed by atoms with Gasteiger partial charge in [0, 0.05) is 0 Å². The second-order valence-electron chi connectivity index (χ2n) is 4.40. The molecule has 2 aromatic carbocycles. The van der Waals surface area contributed by atoms with E-state index in [1.54, 1.807) is 12.1 Å². The van der Waals surface area contributed by atoms with Crippen LogP contribution in [-0.4, -0.2) is 13.5 Å². The molecule has 22 heavy (non-hydrogen) atoms. The Balaban J connectivity index is 2.53. The number of phenolic OH excluding ortho intramolecular Hbond substituents is 1. The Morgan fingerprint density at radius 3 is 1.82 bits per heavy atom. The van der Waals surface area contributed by atoms with E-state index < -0.39 is 15.8 Å². The molecule has 0 aromatic heterocycles. The SMILES string of the molecule is Cc1ccc(S(=O)(=O)Nc2c(Cl)c(Cl)c(O)c(Cl)c2Cl)cc1. The summed E-state index contributed by atoms with van der Waals surface area (Å²) in [6.45, 7) is 1.83. The second kappa shape index (κ2) is 6.34. The Bertz CT molecular complexity index is 806. The lowest BCUT2D eigenvalue weighted by atomic mass is 10.2. The summed E-state index contributed by atoms with van der Waals surface area (Å²) in [6.07, 6.45) is 0. The van der Waals surface area contributed by atoms with Crippen LogP contribution in [0.1, 0.15) is 5.56 Å². The number of benzene rings is 2. The first-order valence-electron chi connectivity index (χ1n) is 5.79. The monoisotopic (exact) mass is 399 g/mol. The lowest BCUT2D eigenvalue weighted by Crippen LogP contribution is -2.14. The molecule has 0 aliphatic rings. The molecule has 0 saturated carbocycles. The fraction of sp³-hybridized carbons (Fsp3) is 0.0769. The molecule has 0 bridgehead atoms. The molecule has 0 aliphatic carbocycles. The molecule has 0 saturated heterocycles. The average molecular weight is 401 g/mol. The zero-order valence-electron chi connectivity index (χ0n) is 11.0. The fourth-order valence-electron chi connectivity index (χ4n) is 1.62. The molecule has 9 heteroatoms. The summed E-state index contributed by atoms with van der Waals surface area (Å²) in [5.74, 6) is -0.517. The van der Waals surface area contributed by atoms with Crippen molar-refractivity contribution in [1.29, 1.82) is 0 Å². The van der Waals surface area contributed by atoms with E-state index in [4.69, 9.17) is 46.4 Å². The maximum absolute atomic E-state index is 12.3. The van der Waals surface area contributed by atoms with Gasteiger partial charge in [0.2, 0.25) is 0 Å². The molecule has 0 radical (unpaired) electrons. The van der Waals surface area contributed by atoms with Crippen LogP contribution in [0.3, 0.4) is 0 Å². The Labute approximate surface area is 147 Å². The molecular formula is C13H9Cl4NO3S. The van der Waals surface area contributed by atoms with E-state index in [2.05, 4.69) is 4.72 Å². The molecule has 2 rings (SSSR count). The quantitative estimate of drug-likeness (QED) is 0.555. The van der Waals surface area contributed by atoms with Gasteiger partial charge in [0.15, 0.2) is 5.75 Å². The molecule has 4 nitrogen and oxygen atoms in total. The average Bonchev–Trinajstić information content (AvgIpc) is 2.48. The van der Waals surface area contributed by atoms with Gasteiger partial charge in [-0.2, -0.15) is 0 Å². The third-order valence-electron chi connectivity index (χ3n) is 2.81. The van der Waals surface area contributed by atoms with Crippen molar-refractivity contribution < 1.29 is 13.5 Å². The Morgan fingerprint density at radius 1 is 0.909 bits per heavy atom. The third-order valence-corrected chi connectivity index (χ3v) is 5.86. The van der Waals surface area contributed by atoms with Crippen LogP contribution in [0.15, 0.2) is 29.2 Å². The standard InChI is InChI=1S/C13H9Cl4NO3S/c1-6-2-4-7(5-3-6)22(20,21)18-12-8(14)10(16)13(19)11(17)9(12)15/h2-5,18-19H,1H3. The molecule has 2 aromatic rings. The predicted molar refractivity (Wildman–Crippen MR) is 90.1 cm³/mol. The van der Waals surface area contributed by atoms with Crippen molar-refractivity contribution in [2.24, 2.45) is 0 Å². The minimum absolute atomic E-state index is 0.0190. The Hall–Kier alpha value is -0.850. The van der Waals surface area contributed by atoms with Crippen molar-refractivity contribution in [3.05, 3.63) is 49.9 Å². The lowest BCUT2D eigenvalue weighted by Gasteiger charge is -2.14. The van der Waals surface area contributed by atoms with Crippen LogP contribution in [0.25, 0.3) is 0 Å². The van der Waals surface area contributed by atoms with Gasteiger partial charge in [-0.15, -0.1) is 0 Å². The van der Waals surface area contributed by atoms with Gasteiger partial charge in [-0.25, -0.2) is 8.42 Å². The fourth-order valence-corrected chi connectivity index (χ4v) is 3.75. The van der Waals surface area contributed by atoms with E-state index in [-0.39, 0.29) is 30.7 Å². The van der Waals surface area contributed by atoms with Crippen molar-refractivity contribution in [3.63, 3.8) is 0 Å². The minimum atomic E-state index is -3.94. The zero-order valence-corrected chi connectivity index (χ0v) is 14.8. The minimum Gasteiger partial charge on any atom is -0.505 e. The number of aromatic hydroxyl groups is 1. The van der Waals surface area contributed by atoms with Gasteiger partial charge in [-0.05, 0) is 19.1 Å². The Kier molecular flexibility index (Phi) is 5.04.